The molecule has 0 bridgehead atoms. The van der Waals surface area contributed by atoms with Crippen LogP contribution >= 0.6 is 31.9 Å². The van der Waals surface area contributed by atoms with E-state index in [4.69, 9.17) is 0 Å². The van der Waals surface area contributed by atoms with Gasteiger partial charge in [0.25, 0.3) is 0 Å². The number of aromatic hydroxyl groups is 1. The maximum atomic E-state index is 13.2. The molecule has 2 aromatic rings. The highest BCUT2D eigenvalue weighted by atomic mass is 79.9. The van der Waals surface area contributed by atoms with Crippen LogP contribution in [0.2, 0.25) is 0 Å². The fraction of sp³-hybridized carbons (Fsp3) is 0.294. The number of hydrogen-bond acceptors (Lipinski definition) is 1. The van der Waals surface area contributed by atoms with Crippen LogP contribution in [0.1, 0.15) is 37.0 Å². The van der Waals surface area contributed by atoms with Gasteiger partial charge in [0, 0.05) is 26.8 Å². The van der Waals surface area contributed by atoms with Gasteiger partial charge in [-0.3, -0.25) is 0 Å². The molecule has 4 heteroatoms. The molecule has 0 fully saturated rings. The van der Waals surface area contributed by atoms with E-state index in [1.54, 1.807) is 6.07 Å². The Hall–Kier alpha value is -0.870. The molecule has 1 N–H and O–H groups in total. The van der Waals surface area contributed by atoms with Crippen molar-refractivity contribution in [3.05, 3.63) is 63.4 Å². The van der Waals surface area contributed by atoms with Crippen LogP contribution in [-0.2, 0) is 10.7 Å². The summed E-state index contributed by atoms with van der Waals surface area (Å²) in [6, 6.07) is 10.4. The Labute approximate surface area is 141 Å². The molecule has 1 atom stereocenters. The van der Waals surface area contributed by atoms with Gasteiger partial charge in [-0.15, -0.1) is 0 Å². The molecule has 0 radical (unpaired) electrons. The topological polar surface area (TPSA) is 20.2 Å². The molecule has 0 heterocycles. The molecular formula is C17H17Br2FO. The monoisotopic (exact) mass is 414 g/mol. The van der Waals surface area contributed by atoms with Crippen LogP contribution in [0.5, 0.6) is 5.75 Å². The molecule has 0 aliphatic rings. The number of benzene rings is 2. The van der Waals surface area contributed by atoms with Gasteiger partial charge in [-0.2, -0.15) is 0 Å². The quantitative estimate of drug-likeness (QED) is 0.615. The van der Waals surface area contributed by atoms with Crippen molar-refractivity contribution >= 4 is 31.9 Å². The van der Waals surface area contributed by atoms with Gasteiger partial charge in [-0.05, 0) is 29.7 Å². The largest absolute Gasteiger partial charge is 0.508 e. The van der Waals surface area contributed by atoms with Crippen molar-refractivity contribution in [1.29, 1.82) is 0 Å². The molecule has 0 aliphatic carbocycles. The number of phenolic OH excluding ortho intramolecular Hbond substituents is 1. The summed E-state index contributed by atoms with van der Waals surface area (Å²) in [5, 5.41) is 10.9. The molecule has 0 spiro atoms. The minimum absolute atomic E-state index is 0.00387. The second-order valence-corrected chi connectivity index (χ2v) is 6.71. The van der Waals surface area contributed by atoms with Gasteiger partial charge in [0.15, 0.2) is 0 Å². The first-order valence-corrected chi connectivity index (χ1v) is 8.67. The number of rotatable bonds is 4. The fourth-order valence-electron chi connectivity index (χ4n) is 2.59. The van der Waals surface area contributed by atoms with Gasteiger partial charge in [-0.1, -0.05) is 63.9 Å². The normalized spacial score (nSPS) is 14.0. The molecule has 1 nitrogen and oxygen atoms in total. The summed E-state index contributed by atoms with van der Waals surface area (Å²) in [6.45, 7) is 4.13. The van der Waals surface area contributed by atoms with Crippen molar-refractivity contribution < 1.29 is 9.50 Å². The molecule has 2 aromatic carbocycles. The molecular weight excluding hydrogens is 399 g/mol. The fourth-order valence-corrected chi connectivity index (χ4v) is 3.80. The number of phenols is 1. The van der Waals surface area contributed by atoms with E-state index in [0.29, 0.717) is 0 Å². The first-order valence-electron chi connectivity index (χ1n) is 6.76. The van der Waals surface area contributed by atoms with E-state index in [9.17, 15) is 9.50 Å². The molecule has 0 saturated heterocycles. The highest BCUT2D eigenvalue weighted by molar-refractivity contribution is 9.10. The Bertz CT molecular complexity index is 657. The van der Waals surface area contributed by atoms with Crippen molar-refractivity contribution in [1.82, 2.24) is 0 Å². The maximum absolute atomic E-state index is 13.2. The predicted molar refractivity (Wildman–Crippen MR) is 91.6 cm³/mol. The van der Waals surface area contributed by atoms with Crippen molar-refractivity contribution in [3.8, 4) is 5.75 Å². The van der Waals surface area contributed by atoms with Gasteiger partial charge < -0.3 is 5.11 Å². The van der Waals surface area contributed by atoms with Crippen LogP contribution < -0.4 is 0 Å². The standard InChI is InChI=1S/C17H17Br2FO/c1-3-17(2,14-7-5-12(20)9-16(14)21)13-6-4-11(10-18)8-15(13)19/h4-9,21H,3,10H2,1-2H3. The number of hydrogen-bond donors (Lipinski definition) is 1. The van der Waals surface area contributed by atoms with Crippen LogP contribution in [0.3, 0.4) is 0 Å². The first-order chi connectivity index (χ1) is 9.92. The van der Waals surface area contributed by atoms with Crippen LogP contribution in [-0.4, -0.2) is 5.11 Å². The van der Waals surface area contributed by atoms with Crippen molar-refractivity contribution in [2.24, 2.45) is 0 Å². The van der Waals surface area contributed by atoms with Crippen LogP contribution in [0.15, 0.2) is 40.9 Å². The molecule has 2 rings (SSSR count). The second kappa shape index (κ2) is 6.49. The highest BCUT2D eigenvalue weighted by Gasteiger charge is 2.31. The molecule has 0 saturated carbocycles. The zero-order valence-electron chi connectivity index (χ0n) is 12.0. The maximum Gasteiger partial charge on any atom is 0.126 e. The third-order valence-electron chi connectivity index (χ3n) is 4.04. The van der Waals surface area contributed by atoms with E-state index >= 15 is 0 Å². The smallest absolute Gasteiger partial charge is 0.126 e. The summed E-state index contributed by atoms with van der Waals surface area (Å²) >= 11 is 7.07. The summed E-state index contributed by atoms with van der Waals surface area (Å²) in [4.78, 5) is 0. The molecule has 21 heavy (non-hydrogen) atoms. The molecule has 0 aliphatic heterocycles. The lowest BCUT2D eigenvalue weighted by Crippen LogP contribution is -2.23. The van der Waals surface area contributed by atoms with E-state index in [-0.39, 0.29) is 11.2 Å². The van der Waals surface area contributed by atoms with Crippen molar-refractivity contribution in [3.63, 3.8) is 0 Å². The molecule has 0 amide bonds. The molecule has 112 valence electrons. The predicted octanol–water partition coefficient (Wildman–Crippen LogP) is 5.90. The van der Waals surface area contributed by atoms with Gasteiger partial charge in [0.2, 0.25) is 0 Å². The van der Waals surface area contributed by atoms with Crippen molar-refractivity contribution in [2.75, 3.05) is 0 Å². The summed E-state index contributed by atoms with van der Waals surface area (Å²) in [5.41, 5.74) is 2.60. The number of halogens is 3. The zero-order chi connectivity index (χ0) is 15.6. The SMILES string of the molecule is CCC(C)(c1ccc(F)cc1O)c1ccc(CBr)cc1Br. The van der Waals surface area contributed by atoms with Crippen LogP contribution in [0, 0.1) is 5.82 Å². The second-order valence-electron chi connectivity index (χ2n) is 5.29. The minimum Gasteiger partial charge on any atom is -0.508 e. The lowest BCUT2D eigenvalue weighted by Gasteiger charge is -2.31. The van der Waals surface area contributed by atoms with Gasteiger partial charge in [0.05, 0.1) is 0 Å². The van der Waals surface area contributed by atoms with Gasteiger partial charge >= 0.3 is 0 Å². The number of alkyl halides is 1. The van der Waals surface area contributed by atoms with E-state index in [1.165, 1.54) is 17.7 Å². The summed E-state index contributed by atoms with van der Waals surface area (Å²) in [7, 11) is 0. The summed E-state index contributed by atoms with van der Waals surface area (Å²) in [6.07, 6.45) is 0.790. The Kier molecular flexibility index (Phi) is 5.10. The first kappa shape index (κ1) is 16.5. The Morgan fingerprint density at radius 3 is 2.33 bits per heavy atom. The van der Waals surface area contributed by atoms with E-state index < -0.39 is 5.82 Å². The lowest BCUT2D eigenvalue weighted by molar-refractivity contribution is 0.435. The van der Waals surface area contributed by atoms with Gasteiger partial charge in [0.1, 0.15) is 11.6 Å². The Morgan fingerprint density at radius 2 is 1.81 bits per heavy atom. The molecule has 0 aromatic heterocycles. The summed E-state index contributed by atoms with van der Waals surface area (Å²) < 4.78 is 14.2. The Balaban J connectivity index is 2.60. The van der Waals surface area contributed by atoms with Crippen molar-refractivity contribution in [2.45, 2.75) is 31.0 Å². The highest BCUT2D eigenvalue weighted by Crippen LogP contribution is 2.43. The van der Waals surface area contributed by atoms with E-state index in [0.717, 1.165) is 27.4 Å². The van der Waals surface area contributed by atoms with Crippen LogP contribution in [0.25, 0.3) is 0 Å². The van der Waals surface area contributed by atoms with Crippen LogP contribution in [0.4, 0.5) is 4.39 Å². The average molecular weight is 416 g/mol. The third-order valence-corrected chi connectivity index (χ3v) is 5.35. The third kappa shape index (κ3) is 3.16. The van der Waals surface area contributed by atoms with E-state index in [1.807, 2.05) is 0 Å². The minimum atomic E-state index is -0.427. The van der Waals surface area contributed by atoms with E-state index in [2.05, 4.69) is 63.9 Å². The average Bonchev–Trinajstić information content (AvgIpc) is 2.46. The lowest BCUT2D eigenvalue weighted by atomic mass is 9.73. The summed E-state index contributed by atoms with van der Waals surface area (Å²) in [5.74, 6) is -0.431. The van der Waals surface area contributed by atoms with Gasteiger partial charge in [-0.25, -0.2) is 4.39 Å². The molecule has 1 unspecified atom stereocenters. The Morgan fingerprint density at radius 1 is 1.14 bits per heavy atom. The zero-order valence-corrected chi connectivity index (χ0v) is 15.1.